The molecule has 3 aliphatic rings. The van der Waals surface area contributed by atoms with Crippen molar-refractivity contribution in [2.75, 3.05) is 9.80 Å². The molecule has 1 atom stereocenters. The molecule has 0 fully saturated rings. The predicted octanol–water partition coefficient (Wildman–Crippen LogP) is 16.4. The molecule has 0 heterocycles. The van der Waals surface area contributed by atoms with Crippen LogP contribution in [0.4, 0.5) is 34.1 Å². The average Bonchev–Trinajstić information content (AvgIpc) is 3.95. The molecule has 10 aromatic rings. The molecule has 0 aliphatic heterocycles. The second kappa shape index (κ2) is 13.8. The molecule has 10 aromatic carbocycles. The molecule has 3 aliphatic carbocycles. The number of para-hydroxylation sites is 2. The van der Waals surface area contributed by atoms with Gasteiger partial charge in [0.05, 0.1) is 15.0 Å². The lowest BCUT2D eigenvalue weighted by molar-refractivity contribution is 0.660. The fraction of sp³-hybridized carbons (Fsp3) is 0.0645. The average molecular weight is 824 g/mol. The van der Waals surface area contributed by atoms with E-state index in [-0.39, 0.29) is 40.0 Å². The number of hydrogen-bond donors (Lipinski definition) is 0. The molecule has 13 rings (SSSR count). The highest BCUT2D eigenvalue weighted by Gasteiger charge is 2.52. The third-order valence-electron chi connectivity index (χ3n) is 13.9. The molecule has 0 radical (unpaired) electrons. The highest BCUT2D eigenvalue weighted by molar-refractivity contribution is 5.98. The van der Waals surface area contributed by atoms with Crippen LogP contribution in [-0.4, -0.2) is 0 Å². The number of hydrogen-bond acceptors (Lipinski definition) is 2. The highest BCUT2D eigenvalue weighted by Crippen LogP contribution is 2.64. The molecule has 0 amide bonds. The second-order valence-corrected chi connectivity index (χ2v) is 17.5. The summed E-state index contributed by atoms with van der Waals surface area (Å²) in [7, 11) is 0. The van der Waals surface area contributed by atoms with Crippen LogP contribution in [-0.2, 0) is 10.8 Å². The Bertz CT molecular complexity index is 3890. The molecule has 0 bridgehead atoms. The Kier molecular flexibility index (Phi) is 6.50. The lowest BCUT2D eigenvalue weighted by atomic mass is 9.70. The maximum absolute atomic E-state index is 9.73. The maximum atomic E-state index is 9.73. The fourth-order valence-corrected chi connectivity index (χ4v) is 11.1. The monoisotopic (exact) mass is 823 g/mol. The first kappa shape index (κ1) is 30.2. The van der Waals surface area contributed by atoms with E-state index in [4.69, 9.17) is 5.48 Å². The third kappa shape index (κ3) is 5.14. The molecule has 0 N–H and O–H groups in total. The lowest BCUT2D eigenvalue weighted by Crippen LogP contribution is -2.26. The summed E-state index contributed by atoms with van der Waals surface area (Å²) >= 11 is 0. The maximum Gasteiger partial charge on any atom is 0.0727 e. The number of fused-ring (bicyclic) bond motifs is 14. The minimum absolute atomic E-state index is 0.0527. The quantitative estimate of drug-likeness (QED) is 0.165. The van der Waals surface area contributed by atoms with Gasteiger partial charge in [-0.15, -0.1) is 0 Å². The molecule has 2 heteroatoms. The zero-order valence-corrected chi connectivity index (χ0v) is 35.3. The fourth-order valence-electron chi connectivity index (χ4n) is 11.1. The minimum Gasteiger partial charge on any atom is -0.310 e. The molecule has 0 saturated heterocycles. The molecule has 0 aromatic heterocycles. The number of rotatable bonds is 6. The summed E-state index contributed by atoms with van der Waals surface area (Å²) in [4.78, 5) is 4.17. The minimum atomic E-state index is -0.813. The zero-order chi connectivity index (χ0) is 48.7. The van der Waals surface area contributed by atoms with Crippen molar-refractivity contribution in [3.8, 4) is 33.4 Å². The SMILES string of the molecule is [2H]c1c([2H])c([2H])c2c([2H])c(N(c3ccccc3)c3ccc4c(c3)C3(c5ccccc5-c5ccc(N(c6ccccc6)c6ccc7c(c6)C(C)(C)c6ccccc6-7)cc53)c3ccccc3-4)c([2H])c([2H])c2c1[2H]. The van der Waals surface area contributed by atoms with Crippen molar-refractivity contribution in [3.05, 3.63) is 264 Å². The smallest absolute Gasteiger partial charge is 0.0727 e. The van der Waals surface area contributed by atoms with Crippen LogP contribution in [0, 0.1) is 0 Å². The van der Waals surface area contributed by atoms with Gasteiger partial charge in [-0.2, -0.15) is 0 Å². The van der Waals surface area contributed by atoms with Gasteiger partial charge >= 0.3 is 0 Å². The number of nitrogens with zero attached hydrogens (tertiary/aromatic N) is 2. The first-order valence-electron chi connectivity index (χ1n) is 25.4. The van der Waals surface area contributed by atoms with Crippen molar-refractivity contribution >= 4 is 44.9 Å². The van der Waals surface area contributed by atoms with Crippen LogP contribution in [0.25, 0.3) is 44.2 Å². The van der Waals surface area contributed by atoms with E-state index in [1.165, 1.54) is 22.3 Å². The summed E-state index contributed by atoms with van der Waals surface area (Å²) in [5, 5.41) is -0.233. The van der Waals surface area contributed by atoms with E-state index in [1.807, 2.05) is 41.3 Å². The lowest BCUT2D eigenvalue weighted by Gasteiger charge is -2.33. The first-order chi connectivity index (χ1) is 34.4. The molecule has 1 unspecified atom stereocenters. The van der Waals surface area contributed by atoms with Crippen LogP contribution >= 0.6 is 0 Å². The Morgan fingerprint density at radius 1 is 0.328 bits per heavy atom. The van der Waals surface area contributed by atoms with E-state index in [0.29, 0.717) is 11.4 Å². The molecular weight excluding hydrogens is 773 g/mol. The van der Waals surface area contributed by atoms with Gasteiger partial charge in [-0.1, -0.05) is 171 Å². The summed E-state index contributed by atoms with van der Waals surface area (Å²) in [5.41, 5.74) is 17.4. The highest BCUT2D eigenvalue weighted by atomic mass is 15.1. The van der Waals surface area contributed by atoms with E-state index in [1.54, 1.807) is 0 Å². The van der Waals surface area contributed by atoms with Crippen molar-refractivity contribution in [3.63, 3.8) is 0 Å². The van der Waals surface area contributed by atoms with E-state index in [2.05, 4.69) is 170 Å². The van der Waals surface area contributed by atoms with Gasteiger partial charge in [-0.05, 0) is 150 Å². The predicted molar refractivity (Wildman–Crippen MR) is 267 cm³/mol. The van der Waals surface area contributed by atoms with Crippen LogP contribution in [0.3, 0.4) is 0 Å². The van der Waals surface area contributed by atoms with Crippen LogP contribution < -0.4 is 9.80 Å². The molecule has 302 valence electrons. The van der Waals surface area contributed by atoms with Crippen molar-refractivity contribution in [1.29, 1.82) is 0 Å². The summed E-state index contributed by atoms with van der Waals surface area (Å²) in [6.07, 6.45) is 0. The molecule has 1 spiro atoms. The Morgan fingerprint density at radius 2 is 0.734 bits per heavy atom. The van der Waals surface area contributed by atoms with Gasteiger partial charge in [0.15, 0.2) is 0 Å². The van der Waals surface area contributed by atoms with E-state index >= 15 is 0 Å². The molecule has 2 nitrogen and oxygen atoms in total. The van der Waals surface area contributed by atoms with Gasteiger partial charge in [-0.25, -0.2) is 0 Å². The van der Waals surface area contributed by atoms with Crippen LogP contribution in [0.5, 0.6) is 0 Å². The van der Waals surface area contributed by atoms with Crippen LogP contribution in [0.1, 0.15) is 56.8 Å². The normalized spacial score (nSPS) is 17.1. The van der Waals surface area contributed by atoms with Gasteiger partial charge in [0.1, 0.15) is 0 Å². The molecule has 0 saturated carbocycles. The van der Waals surface area contributed by atoms with E-state index in [0.717, 1.165) is 61.6 Å². The van der Waals surface area contributed by atoms with Crippen molar-refractivity contribution in [1.82, 2.24) is 0 Å². The first-order valence-corrected chi connectivity index (χ1v) is 21.9. The Morgan fingerprint density at radius 3 is 1.28 bits per heavy atom. The Labute approximate surface area is 384 Å². The van der Waals surface area contributed by atoms with Crippen molar-refractivity contribution < 1.29 is 9.60 Å². The van der Waals surface area contributed by atoms with Gasteiger partial charge in [-0.3, -0.25) is 0 Å². The number of anilines is 6. The summed E-state index contributed by atoms with van der Waals surface area (Å²) in [6.45, 7) is 4.63. The van der Waals surface area contributed by atoms with E-state index in [9.17, 15) is 4.11 Å². The van der Waals surface area contributed by atoms with Gasteiger partial charge < -0.3 is 9.80 Å². The van der Waals surface area contributed by atoms with Crippen molar-refractivity contribution in [2.45, 2.75) is 24.7 Å². The van der Waals surface area contributed by atoms with Crippen molar-refractivity contribution in [2.24, 2.45) is 0 Å². The summed E-state index contributed by atoms with van der Waals surface area (Å²) < 4.78 is 63.2. The molecule has 64 heavy (non-hydrogen) atoms. The Hall–Kier alpha value is -7.94. The topological polar surface area (TPSA) is 6.48 Å². The van der Waals surface area contributed by atoms with Crippen LogP contribution in [0.15, 0.2) is 230 Å². The van der Waals surface area contributed by atoms with Gasteiger partial charge in [0.25, 0.3) is 0 Å². The summed E-state index contributed by atoms with van der Waals surface area (Å²) in [6, 6.07) is 63.3. The standard InChI is InChI=1S/C62H44N2/c1-61(2)55-26-14-11-23-49(55)52-34-31-46(38-58(52)61)64(44-21-7-4-8-22-44)48-33-36-54-51-25-13-16-28-57(51)62(60(54)40-48)56-27-15-12-24-50(56)53-35-32-47(39-59(53)62)63(43-19-5-3-6-20-43)45-30-29-41-17-9-10-18-42(41)37-45/h3-40H,1-2H3/i9D,10D,17D,18D,29D,30D,37D. The van der Waals surface area contributed by atoms with E-state index < -0.39 is 29.6 Å². The summed E-state index contributed by atoms with van der Waals surface area (Å²) in [5.74, 6) is 0. The Balaban J connectivity index is 1.06. The molecular formula is C62H44N2. The van der Waals surface area contributed by atoms with Gasteiger partial charge in [0, 0.05) is 39.5 Å². The second-order valence-electron chi connectivity index (χ2n) is 17.5. The van der Waals surface area contributed by atoms with Crippen LogP contribution in [0.2, 0.25) is 0 Å². The number of benzene rings is 10. The largest absolute Gasteiger partial charge is 0.310 e. The zero-order valence-electron chi connectivity index (χ0n) is 42.3. The third-order valence-corrected chi connectivity index (χ3v) is 13.9. The van der Waals surface area contributed by atoms with Gasteiger partial charge in [0.2, 0.25) is 0 Å².